The molecule has 146 valence electrons. The first-order chi connectivity index (χ1) is 12.8. The Morgan fingerprint density at radius 1 is 1.11 bits per heavy atom. The molecular formula is C19H24N2O5S. The van der Waals surface area contributed by atoms with Crippen molar-refractivity contribution in [3.05, 3.63) is 53.6 Å². The topological polar surface area (TPSA) is 84.9 Å². The molecule has 0 aliphatic rings. The highest BCUT2D eigenvalue weighted by Gasteiger charge is 2.22. The molecule has 0 spiro atoms. The van der Waals surface area contributed by atoms with Gasteiger partial charge in [-0.2, -0.15) is 0 Å². The summed E-state index contributed by atoms with van der Waals surface area (Å²) in [5, 5.41) is 2.76. The zero-order valence-electron chi connectivity index (χ0n) is 15.9. The number of amides is 1. The monoisotopic (exact) mass is 392 g/mol. The van der Waals surface area contributed by atoms with Crippen LogP contribution in [0.15, 0.2) is 42.5 Å². The largest absolute Gasteiger partial charge is 0.497 e. The van der Waals surface area contributed by atoms with Crippen LogP contribution in [0.4, 0.5) is 5.69 Å². The van der Waals surface area contributed by atoms with Gasteiger partial charge in [-0.05, 0) is 30.7 Å². The second-order valence-electron chi connectivity index (χ2n) is 5.94. The average molecular weight is 392 g/mol. The average Bonchev–Trinajstić information content (AvgIpc) is 2.64. The van der Waals surface area contributed by atoms with E-state index in [2.05, 4.69) is 5.32 Å². The van der Waals surface area contributed by atoms with Gasteiger partial charge in [0.2, 0.25) is 10.0 Å². The fraction of sp³-hybridized carbons (Fsp3) is 0.316. The lowest BCUT2D eigenvalue weighted by atomic mass is 10.1. The number of hydrogen-bond donors (Lipinski definition) is 1. The standard InChI is InChI=1S/C19H24N2O5S/c1-14-7-5-6-8-16(14)19(22)20-11-12-21(27(4,23)24)17-10-9-15(25-2)13-18(17)26-3/h5-10,13H,11-12H2,1-4H3,(H,20,22). The number of hydrogen-bond acceptors (Lipinski definition) is 5. The van der Waals surface area contributed by atoms with Crippen LogP contribution in [-0.4, -0.2) is 47.9 Å². The van der Waals surface area contributed by atoms with Gasteiger partial charge in [0.25, 0.3) is 5.91 Å². The third kappa shape index (κ3) is 5.13. The van der Waals surface area contributed by atoms with E-state index in [1.807, 2.05) is 19.1 Å². The maximum Gasteiger partial charge on any atom is 0.251 e. The molecule has 0 saturated carbocycles. The Kier molecular flexibility index (Phi) is 6.68. The molecule has 0 heterocycles. The number of benzene rings is 2. The Morgan fingerprint density at radius 2 is 1.81 bits per heavy atom. The molecule has 2 aromatic carbocycles. The lowest BCUT2D eigenvalue weighted by Crippen LogP contribution is -2.38. The number of ether oxygens (including phenoxy) is 2. The first-order valence-corrected chi connectivity index (χ1v) is 10.2. The predicted molar refractivity (Wildman–Crippen MR) is 105 cm³/mol. The molecule has 27 heavy (non-hydrogen) atoms. The molecule has 8 heteroatoms. The predicted octanol–water partition coefficient (Wildman–Crippen LogP) is 2.21. The summed E-state index contributed by atoms with van der Waals surface area (Å²) >= 11 is 0. The zero-order valence-corrected chi connectivity index (χ0v) is 16.7. The lowest BCUT2D eigenvalue weighted by molar-refractivity contribution is 0.0954. The van der Waals surface area contributed by atoms with Crippen LogP contribution >= 0.6 is 0 Å². The van der Waals surface area contributed by atoms with Gasteiger partial charge >= 0.3 is 0 Å². The van der Waals surface area contributed by atoms with Crippen LogP contribution in [-0.2, 0) is 10.0 Å². The van der Waals surface area contributed by atoms with E-state index in [1.165, 1.54) is 18.5 Å². The minimum Gasteiger partial charge on any atom is -0.497 e. The molecule has 1 amide bonds. The van der Waals surface area contributed by atoms with E-state index >= 15 is 0 Å². The number of sulfonamides is 1. The van der Waals surface area contributed by atoms with Crippen LogP contribution in [0, 0.1) is 6.92 Å². The lowest BCUT2D eigenvalue weighted by Gasteiger charge is -2.24. The summed E-state index contributed by atoms with van der Waals surface area (Å²) in [7, 11) is -0.605. The SMILES string of the molecule is COc1ccc(N(CCNC(=O)c2ccccc2C)S(C)(=O)=O)c(OC)c1. The quantitative estimate of drug-likeness (QED) is 0.745. The first kappa shape index (κ1) is 20.6. The maximum absolute atomic E-state index is 12.3. The normalized spacial score (nSPS) is 11.0. The molecule has 0 radical (unpaired) electrons. The highest BCUT2D eigenvalue weighted by atomic mass is 32.2. The summed E-state index contributed by atoms with van der Waals surface area (Å²) in [6, 6.07) is 12.1. The molecular weight excluding hydrogens is 368 g/mol. The summed E-state index contributed by atoms with van der Waals surface area (Å²) < 4.78 is 36.2. The highest BCUT2D eigenvalue weighted by Crippen LogP contribution is 2.33. The van der Waals surface area contributed by atoms with Gasteiger partial charge in [-0.25, -0.2) is 8.42 Å². The van der Waals surface area contributed by atoms with Crippen molar-refractivity contribution >= 4 is 21.6 Å². The summed E-state index contributed by atoms with van der Waals surface area (Å²) in [5.74, 6) is 0.671. The van der Waals surface area contributed by atoms with Gasteiger partial charge < -0.3 is 14.8 Å². The van der Waals surface area contributed by atoms with E-state index in [9.17, 15) is 13.2 Å². The van der Waals surface area contributed by atoms with Gasteiger partial charge in [0.1, 0.15) is 11.5 Å². The smallest absolute Gasteiger partial charge is 0.251 e. The van der Waals surface area contributed by atoms with Gasteiger partial charge in [0, 0.05) is 18.2 Å². The molecule has 7 nitrogen and oxygen atoms in total. The van der Waals surface area contributed by atoms with Crippen LogP contribution in [0.25, 0.3) is 0 Å². The van der Waals surface area contributed by atoms with E-state index in [0.717, 1.165) is 11.8 Å². The summed E-state index contributed by atoms with van der Waals surface area (Å²) in [4.78, 5) is 12.3. The molecule has 1 N–H and O–H groups in total. The Bertz CT molecular complexity index is 912. The molecule has 0 bridgehead atoms. The Hall–Kier alpha value is -2.74. The Morgan fingerprint density at radius 3 is 2.41 bits per heavy atom. The van der Waals surface area contributed by atoms with E-state index in [-0.39, 0.29) is 19.0 Å². The number of anilines is 1. The second kappa shape index (κ2) is 8.77. The third-order valence-corrected chi connectivity index (χ3v) is 5.23. The summed E-state index contributed by atoms with van der Waals surface area (Å²) in [5.41, 5.74) is 1.79. The molecule has 0 unspecified atom stereocenters. The number of rotatable bonds is 8. The van der Waals surface area contributed by atoms with Crippen molar-refractivity contribution < 1.29 is 22.7 Å². The molecule has 0 aromatic heterocycles. The van der Waals surface area contributed by atoms with Crippen molar-refractivity contribution in [3.8, 4) is 11.5 Å². The van der Waals surface area contributed by atoms with Crippen LogP contribution in [0.5, 0.6) is 11.5 Å². The number of methoxy groups -OCH3 is 2. The van der Waals surface area contributed by atoms with Crippen molar-refractivity contribution in [2.45, 2.75) is 6.92 Å². The number of aryl methyl sites for hydroxylation is 1. The molecule has 0 fully saturated rings. The minimum absolute atomic E-state index is 0.0686. The Balaban J connectivity index is 2.17. The van der Waals surface area contributed by atoms with Crippen molar-refractivity contribution in [1.82, 2.24) is 5.32 Å². The Labute approximate surface area is 160 Å². The molecule has 0 atom stereocenters. The number of nitrogens with zero attached hydrogens (tertiary/aromatic N) is 1. The summed E-state index contributed by atoms with van der Waals surface area (Å²) in [6.07, 6.45) is 1.11. The second-order valence-corrected chi connectivity index (χ2v) is 7.85. The molecule has 2 rings (SSSR count). The van der Waals surface area contributed by atoms with Gasteiger partial charge in [-0.1, -0.05) is 18.2 Å². The van der Waals surface area contributed by atoms with Crippen LogP contribution in [0.2, 0.25) is 0 Å². The van der Waals surface area contributed by atoms with Gasteiger partial charge in [0.05, 0.1) is 32.7 Å². The van der Waals surface area contributed by atoms with E-state index < -0.39 is 10.0 Å². The first-order valence-electron chi connectivity index (χ1n) is 8.31. The van der Waals surface area contributed by atoms with Crippen molar-refractivity contribution in [1.29, 1.82) is 0 Å². The fourth-order valence-electron chi connectivity index (χ4n) is 2.65. The molecule has 0 aliphatic carbocycles. The van der Waals surface area contributed by atoms with E-state index in [0.29, 0.717) is 22.7 Å². The summed E-state index contributed by atoms with van der Waals surface area (Å²) in [6.45, 7) is 2.06. The number of carbonyl (C=O) groups excluding carboxylic acids is 1. The zero-order chi connectivity index (χ0) is 20.0. The van der Waals surface area contributed by atoms with Crippen molar-refractivity contribution in [2.24, 2.45) is 0 Å². The number of carbonyl (C=O) groups is 1. The van der Waals surface area contributed by atoms with Gasteiger partial charge in [-0.15, -0.1) is 0 Å². The van der Waals surface area contributed by atoms with Crippen LogP contribution in [0.1, 0.15) is 15.9 Å². The van der Waals surface area contributed by atoms with Crippen LogP contribution in [0.3, 0.4) is 0 Å². The maximum atomic E-state index is 12.3. The van der Waals surface area contributed by atoms with E-state index in [4.69, 9.17) is 9.47 Å². The van der Waals surface area contributed by atoms with Crippen molar-refractivity contribution in [3.63, 3.8) is 0 Å². The van der Waals surface area contributed by atoms with Crippen LogP contribution < -0.4 is 19.1 Å². The molecule has 2 aromatic rings. The van der Waals surface area contributed by atoms with Gasteiger partial charge in [-0.3, -0.25) is 9.10 Å². The third-order valence-electron chi connectivity index (χ3n) is 4.05. The fourth-order valence-corrected chi connectivity index (χ4v) is 3.58. The number of nitrogens with one attached hydrogen (secondary N) is 1. The van der Waals surface area contributed by atoms with Crippen molar-refractivity contribution in [2.75, 3.05) is 37.9 Å². The van der Waals surface area contributed by atoms with Gasteiger partial charge in [0.15, 0.2) is 0 Å². The minimum atomic E-state index is -3.58. The van der Waals surface area contributed by atoms with E-state index in [1.54, 1.807) is 30.3 Å². The molecule has 0 aliphatic heterocycles. The molecule has 0 saturated heterocycles. The highest BCUT2D eigenvalue weighted by molar-refractivity contribution is 7.92.